The Morgan fingerprint density at radius 1 is 1.03 bits per heavy atom. The highest BCUT2D eigenvalue weighted by atomic mass is 16.7. The van der Waals surface area contributed by atoms with E-state index in [1.807, 2.05) is 6.92 Å². The molecule has 0 aromatic rings. The summed E-state index contributed by atoms with van der Waals surface area (Å²) in [5.74, 6) is -0.376. The smallest absolute Gasteiger partial charge is 0.340 e. The van der Waals surface area contributed by atoms with E-state index in [4.69, 9.17) is 28.4 Å². The summed E-state index contributed by atoms with van der Waals surface area (Å²) in [5, 5.41) is 0. The van der Waals surface area contributed by atoms with Gasteiger partial charge in [-0.25, -0.2) is 14.4 Å². The zero-order valence-corrected chi connectivity index (χ0v) is 22.2. The maximum atomic E-state index is 11.3. The van der Waals surface area contributed by atoms with Crippen molar-refractivity contribution in [2.75, 3.05) is 26.4 Å². The molecule has 0 amide bonds. The number of rotatable bonds is 9. The second-order valence-corrected chi connectivity index (χ2v) is 8.89. The molecule has 204 valence electrons. The van der Waals surface area contributed by atoms with Crippen LogP contribution in [0, 0.1) is 5.92 Å². The van der Waals surface area contributed by atoms with E-state index in [1.165, 1.54) is 38.4 Å². The number of ether oxygens (including phenoxy) is 6. The normalized spacial score (nSPS) is 19.3. The molecular weight excluding hydrogens is 468 g/mol. The number of carbonyl (C=O) groups excluding carboxylic acids is 3. The second-order valence-electron chi connectivity index (χ2n) is 8.89. The van der Waals surface area contributed by atoms with Crippen molar-refractivity contribution in [3.05, 3.63) is 36.1 Å². The zero-order valence-electron chi connectivity index (χ0n) is 22.2. The molecule has 2 atom stereocenters. The van der Waals surface area contributed by atoms with Crippen molar-refractivity contribution >= 4 is 17.9 Å². The van der Waals surface area contributed by atoms with E-state index in [-0.39, 0.29) is 18.2 Å². The third kappa shape index (κ3) is 13.4. The number of hydrogen-bond acceptors (Lipinski definition) is 9. The van der Waals surface area contributed by atoms with Gasteiger partial charge in [0.2, 0.25) is 6.29 Å². The van der Waals surface area contributed by atoms with E-state index >= 15 is 0 Å². The van der Waals surface area contributed by atoms with Crippen LogP contribution >= 0.6 is 0 Å². The van der Waals surface area contributed by atoms with Gasteiger partial charge in [-0.05, 0) is 52.9 Å². The van der Waals surface area contributed by atoms with Crippen LogP contribution in [0.25, 0.3) is 0 Å². The summed E-state index contributed by atoms with van der Waals surface area (Å²) in [5.41, 5.74) is 1.47. The van der Waals surface area contributed by atoms with Gasteiger partial charge in [0.15, 0.2) is 6.29 Å². The number of carbonyl (C=O) groups is 3. The lowest BCUT2D eigenvalue weighted by atomic mass is 9.90. The average Bonchev–Trinajstić information content (AvgIpc) is 3.31. The molecule has 2 fully saturated rings. The molecule has 3 rings (SSSR count). The molecule has 0 spiro atoms. The van der Waals surface area contributed by atoms with E-state index in [1.54, 1.807) is 20.8 Å². The van der Waals surface area contributed by atoms with E-state index in [9.17, 15) is 14.4 Å². The Bertz CT molecular complexity index is 759. The molecule has 2 heterocycles. The number of esters is 3. The summed E-state index contributed by atoms with van der Waals surface area (Å²) in [6.07, 6.45) is 8.76. The highest BCUT2D eigenvalue weighted by molar-refractivity contribution is 5.89. The van der Waals surface area contributed by atoms with Crippen molar-refractivity contribution in [3.63, 3.8) is 0 Å². The first kappa shape index (κ1) is 31.4. The Kier molecular flexibility index (Phi) is 15.5. The van der Waals surface area contributed by atoms with Gasteiger partial charge < -0.3 is 28.4 Å². The molecule has 2 aliphatic heterocycles. The molecule has 1 saturated carbocycles. The van der Waals surface area contributed by atoms with Gasteiger partial charge >= 0.3 is 17.9 Å². The summed E-state index contributed by atoms with van der Waals surface area (Å²) < 4.78 is 29.8. The highest BCUT2D eigenvalue weighted by Crippen LogP contribution is 2.24. The van der Waals surface area contributed by atoms with Crippen molar-refractivity contribution in [1.29, 1.82) is 0 Å². The standard InChI is InChI=1S/C11H16O3.C8H12O3.C8H14O3/c12-11(10-7-13-8-10)14-6-9-4-2-1-3-5-9;1-6(2)8(9)11-7-4-3-5-10-7;1-5-10-7(4)11-8(9)6(2)3/h7,9H,1-6,8H2;7H,1,3-5H2,2H3;7H,2,5H2,1,3-4H3. The van der Waals surface area contributed by atoms with Gasteiger partial charge in [0.05, 0.1) is 19.5 Å². The van der Waals surface area contributed by atoms with Crippen molar-refractivity contribution in [3.8, 4) is 0 Å². The van der Waals surface area contributed by atoms with Gasteiger partial charge in [-0.2, -0.15) is 0 Å². The molecule has 36 heavy (non-hydrogen) atoms. The topological polar surface area (TPSA) is 107 Å². The van der Waals surface area contributed by atoms with Crippen LogP contribution in [-0.2, 0) is 42.8 Å². The van der Waals surface area contributed by atoms with Gasteiger partial charge in [0.1, 0.15) is 12.2 Å². The van der Waals surface area contributed by atoms with Crippen LogP contribution in [0.15, 0.2) is 36.1 Å². The second kappa shape index (κ2) is 17.7. The summed E-state index contributed by atoms with van der Waals surface area (Å²) in [7, 11) is 0. The fraction of sp³-hybridized carbons (Fsp3) is 0.667. The van der Waals surface area contributed by atoms with Crippen molar-refractivity contribution in [2.24, 2.45) is 5.92 Å². The third-order valence-electron chi connectivity index (χ3n) is 5.40. The summed E-state index contributed by atoms with van der Waals surface area (Å²) in [4.78, 5) is 33.0. The van der Waals surface area contributed by atoms with Crippen LogP contribution < -0.4 is 0 Å². The summed E-state index contributed by atoms with van der Waals surface area (Å²) in [6, 6.07) is 0. The van der Waals surface area contributed by atoms with E-state index < -0.39 is 12.3 Å². The van der Waals surface area contributed by atoms with E-state index in [0.717, 1.165) is 12.8 Å². The molecule has 0 aromatic heterocycles. The number of hydrogen-bond donors (Lipinski definition) is 0. The molecule has 1 saturated heterocycles. The van der Waals surface area contributed by atoms with Crippen LogP contribution in [0.4, 0.5) is 0 Å². The summed E-state index contributed by atoms with van der Waals surface area (Å²) in [6.45, 7) is 15.9. The third-order valence-corrected chi connectivity index (χ3v) is 5.40. The Balaban J connectivity index is 0.000000274. The van der Waals surface area contributed by atoms with Gasteiger partial charge in [-0.3, -0.25) is 0 Å². The molecule has 9 heteroatoms. The quantitative estimate of drug-likeness (QED) is 0.188. The van der Waals surface area contributed by atoms with Crippen LogP contribution in [0.3, 0.4) is 0 Å². The van der Waals surface area contributed by atoms with Gasteiger partial charge in [0, 0.05) is 24.2 Å². The lowest BCUT2D eigenvalue weighted by Gasteiger charge is -2.22. The largest absolute Gasteiger partial charge is 0.495 e. The molecule has 2 unspecified atom stereocenters. The summed E-state index contributed by atoms with van der Waals surface area (Å²) >= 11 is 0. The Labute approximate surface area is 214 Å². The average molecular weight is 511 g/mol. The fourth-order valence-corrected chi connectivity index (χ4v) is 3.29. The first-order valence-corrected chi connectivity index (χ1v) is 12.6. The van der Waals surface area contributed by atoms with Crippen LogP contribution in [0.5, 0.6) is 0 Å². The fourth-order valence-electron chi connectivity index (χ4n) is 3.29. The molecule has 0 aromatic carbocycles. The molecule has 0 bridgehead atoms. The first-order valence-electron chi connectivity index (χ1n) is 12.6. The highest BCUT2D eigenvalue weighted by Gasteiger charge is 2.21. The van der Waals surface area contributed by atoms with Gasteiger partial charge in [-0.1, -0.05) is 32.4 Å². The Hall–Kier alpha value is -2.65. The Morgan fingerprint density at radius 3 is 2.14 bits per heavy atom. The minimum absolute atomic E-state index is 0.193. The van der Waals surface area contributed by atoms with Crippen LogP contribution in [0.1, 0.15) is 72.6 Å². The zero-order chi connectivity index (χ0) is 26.9. The minimum Gasteiger partial charge on any atom is -0.495 e. The minimum atomic E-state index is -0.482. The molecule has 0 radical (unpaired) electrons. The van der Waals surface area contributed by atoms with Crippen LogP contribution in [0.2, 0.25) is 0 Å². The molecular formula is C27H42O9. The van der Waals surface area contributed by atoms with Crippen molar-refractivity contribution in [1.82, 2.24) is 0 Å². The van der Waals surface area contributed by atoms with E-state index in [0.29, 0.717) is 49.1 Å². The lowest BCUT2D eigenvalue weighted by molar-refractivity contribution is -0.169. The molecule has 1 aliphatic carbocycles. The Morgan fingerprint density at radius 2 is 1.67 bits per heavy atom. The van der Waals surface area contributed by atoms with Gasteiger partial charge in [0.25, 0.3) is 0 Å². The SMILES string of the molecule is C=C(C)C(=O)OC(C)OCC.C=C(C)C(=O)OC1CCCO1.O=C(OCC1CCCCC1)C1=COC1. The van der Waals surface area contributed by atoms with E-state index in [2.05, 4.69) is 13.2 Å². The van der Waals surface area contributed by atoms with Crippen molar-refractivity contribution in [2.45, 2.75) is 85.2 Å². The van der Waals surface area contributed by atoms with Gasteiger partial charge in [-0.15, -0.1) is 0 Å². The first-order chi connectivity index (χ1) is 17.1. The predicted molar refractivity (Wildman–Crippen MR) is 133 cm³/mol. The molecule has 3 aliphatic rings. The van der Waals surface area contributed by atoms with Crippen molar-refractivity contribution < 1.29 is 42.8 Å². The lowest BCUT2D eigenvalue weighted by Crippen LogP contribution is -2.22. The molecule has 0 N–H and O–H groups in total. The monoisotopic (exact) mass is 510 g/mol. The molecule has 9 nitrogen and oxygen atoms in total. The maximum Gasteiger partial charge on any atom is 0.340 e. The van der Waals surface area contributed by atoms with Crippen LogP contribution in [-0.4, -0.2) is 56.9 Å². The maximum absolute atomic E-state index is 11.3. The predicted octanol–water partition coefficient (Wildman–Crippen LogP) is 4.75.